The molecule has 0 aliphatic rings. The third kappa shape index (κ3) is 1.85. The minimum absolute atomic E-state index is 0.0368. The largest absolute Gasteiger partial charge is 0.496 e. The topological polar surface area (TPSA) is 73.6 Å². The molecule has 0 atom stereocenters. The molecule has 5 heteroatoms. The predicted octanol–water partition coefficient (Wildman–Crippen LogP) is 1.14. The van der Waals surface area contributed by atoms with E-state index in [0.717, 1.165) is 16.5 Å². The van der Waals surface area contributed by atoms with Gasteiger partial charge in [0.1, 0.15) is 11.9 Å². The van der Waals surface area contributed by atoms with Crippen LogP contribution in [0.5, 0.6) is 5.75 Å². The van der Waals surface area contributed by atoms with Crippen molar-refractivity contribution >= 4 is 22.3 Å². The molecule has 2 rings (SSSR count). The number of hydrogen-bond donors (Lipinski definition) is 1. The minimum Gasteiger partial charge on any atom is -0.496 e. The Morgan fingerprint density at radius 2 is 2.35 bits per heavy atom. The number of fused-ring (bicyclic) bond motifs is 1. The zero-order valence-corrected chi connectivity index (χ0v) is 9.14. The van der Waals surface area contributed by atoms with E-state index >= 15 is 0 Å². The number of allylic oxidation sites excluding steroid dienone is 1. The van der Waals surface area contributed by atoms with Crippen molar-refractivity contribution < 1.29 is 9.42 Å². The van der Waals surface area contributed by atoms with Crippen molar-refractivity contribution in [3.63, 3.8) is 0 Å². The van der Waals surface area contributed by atoms with E-state index in [4.69, 9.17) is 15.4 Å². The number of aromatic nitrogens is 2. The molecule has 0 radical (unpaired) electrons. The van der Waals surface area contributed by atoms with E-state index < -0.39 is 0 Å². The fraction of sp³-hybridized carbons (Fsp3) is 0.0833. The molecule has 0 bridgehead atoms. The van der Waals surface area contributed by atoms with Gasteiger partial charge >= 0.3 is 5.70 Å². The first-order valence-corrected chi connectivity index (χ1v) is 4.85. The van der Waals surface area contributed by atoms with Gasteiger partial charge in [0.25, 0.3) is 0 Å². The molecule has 17 heavy (non-hydrogen) atoms. The van der Waals surface area contributed by atoms with E-state index in [2.05, 4.69) is 5.10 Å². The van der Waals surface area contributed by atoms with E-state index in [1.54, 1.807) is 19.5 Å². The lowest BCUT2D eigenvalue weighted by molar-refractivity contribution is -0.640. The van der Waals surface area contributed by atoms with Crippen LogP contribution in [0.15, 0.2) is 30.6 Å². The van der Waals surface area contributed by atoms with E-state index in [-0.39, 0.29) is 5.70 Å². The fourth-order valence-electron chi connectivity index (χ4n) is 1.53. The summed E-state index contributed by atoms with van der Waals surface area (Å²) in [5, 5.41) is 21.6. The number of methoxy groups -OCH3 is 1. The molecular formula is C12H9N4O+. The molecule has 0 unspecified atom stereocenters. The summed E-state index contributed by atoms with van der Waals surface area (Å²) in [6.45, 7) is 0. The molecule has 0 fully saturated rings. The van der Waals surface area contributed by atoms with Gasteiger partial charge in [-0.15, -0.1) is 0 Å². The zero-order chi connectivity index (χ0) is 12.3. The Morgan fingerprint density at radius 1 is 1.53 bits per heavy atom. The maximum atomic E-state index is 8.80. The first kappa shape index (κ1) is 10.8. The van der Waals surface area contributed by atoms with E-state index in [9.17, 15) is 0 Å². The van der Waals surface area contributed by atoms with Crippen LogP contribution in [0.25, 0.3) is 16.5 Å². The summed E-state index contributed by atoms with van der Waals surface area (Å²) in [6, 6.07) is 7.42. The number of nitrogens with one attached hydrogen (secondary N) is 1. The molecule has 5 nitrogen and oxygen atoms in total. The van der Waals surface area contributed by atoms with Crippen LogP contribution in [-0.4, -0.2) is 18.1 Å². The highest BCUT2D eigenvalue weighted by Crippen LogP contribution is 2.22. The summed E-state index contributed by atoms with van der Waals surface area (Å²) in [6.07, 6.45) is 3.26. The second-order valence-corrected chi connectivity index (χ2v) is 3.27. The van der Waals surface area contributed by atoms with Crippen LogP contribution in [0.4, 0.5) is 0 Å². The van der Waals surface area contributed by atoms with Gasteiger partial charge in [0.05, 0.1) is 23.8 Å². The summed E-state index contributed by atoms with van der Waals surface area (Å²) in [5.41, 5.74) is 0.0368. The van der Waals surface area contributed by atoms with E-state index in [1.807, 2.05) is 30.1 Å². The molecule has 0 spiro atoms. The number of nitrogens with zero attached hydrogens (tertiary/aromatic N) is 3. The lowest BCUT2D eigenvalue weighted by Crippen LogP contribution is -2.35. The van der Waals surface area contributed by atoms with Crippen LogP contribution in [0.2, 0.25) is 0 Å². The molecular weight excluding hydrogens is 216 g/mol. The van der Waals surface area contributed by atoms with Crippen molar-refractivity contribution in [3.05, 3.63) is 30.6 Å². The van der Waals surface area contributed by atoms with Crippen LogP contribution >= 0.6 is 0 Å². The van der Waals surface area contributed by atoms with Crippen LogP contribution in [0, 0.1) is 16.7 Å². The Balaban J connectivity index is 2.68. The standard InChI is InChI=1S/C12H9N4O/c1-17-12-4-2-3-9-8-16(10(5-13)6-14)15-7-11(9)12/h2-4,7-8,13H,1H3/q+1. The van der Waals surface area contributed by atoms with Gasteiger partial charge in [-0.2, -0.15) is 5.26 Å². The Morgan fingerprint density at radius 3 is 3.00 bits per heavy atom. The van der Waals surface area contributed by atoms with Crippen molar-refractivity contribution in [2.45, 2.75) is 0 Å². The zero-order valence-electron chi connectivity index (χ0n) is 9.14. The molecule has 0 saturated carbocycles. The van der Waals surface area contributed by atoms with Crippen LogP contribution in [0.3, 0.4) is 0 Å². The lowest BCUT2D eigenvalue weighted by atomic mass is 10.2. The Bertz CT molecular complexity index is 666. The molecule has 0 aliphatic heterocycles. The molecule has 0 aliphatic carbocycles. The summed E-state index contributed by atoms with van der Waals surface area (Å²) in [4.78, 5) is 0. The van der Waals surface area contributed by atoms with Gasteiger partial charge in [0.2, 0.25) is 6.20 Å². The summed E-state index contributed by atoms with van der Waals surface area (Å²) in [7, 11) is 1.59. The van der Waals surface area contributed by atoms with Gasteiger partial charge in [0.15, 0.2) is 6.07 Å². The maximum Gasteiger partial charge on any atom is 0.376 e. The third-order valence-corrected chi connectivity index (χ3v) is 2.35. The van der Waals surface area contributed by atoms with Gasteiger partial charge in [-0.1, -0.05) is 6.07 Å². The fourth-order valence-corrected chi connectivity index (χ4v) is 1.53. The second kappa shape index (κ2) is 4.44. The first-order valence-electron chi connectivity index (χ1n) is 4.85. The molecule has 0 amide bonds. The van der Waals surface area contributed by atoms with Crippen LogP contribution < -0.4 is 9.42 Å². The normalized spacial score (nSPS) is 9.41. The molecule has 1 aromatic heterocycles. The van der Waals surface area contributed by atoms with Gasteiger partial charge < -0.3 is 4.74 Å². The van der Waals surface area contributed by atoms with Crippen molar-refractivity contribution in [2.24, 2.45) is 0 Å². The number of nitriles is 1. The van der Waals surface area contributed by atoms with Gasteiger partial charge in [-0.3, -0.25) is 5.41 Å². The summed E-state index contributed by atoms with van der Waals surface area (Å²) >= 11 is 0. The van der Waals surface area contributed by atoms with Crippen molar-refractivity contribution in [2.75, 3.05) is 7.11 Å². The first-order chi connectivity index (χ1) is 8.30. The third-order valence-electron chi connectivity index (χ3n) is 2.35. The summed E-state index contributed by atoms with van der Waals surface area (Å²) in [5.74, 6) is 2.76. The van der Waals surface area contributed by atoms with Crippen molar-refractivity contribution in [3.8, 4) is 11.8 Å². The lowest BCUT2D eigenvalue weighted by Gasteiger charge is -2.02. The van der Waals surface area contributed by atoms with E-state index in [0.29, 0.717) is 0 Å². The molecule has 0 saturated heterocycles. The number of hydrogen-bond acceptors (Lipinski definition) is 4. The maximum absolute atomic E-state index is 8.80. The number of ether oxygens (including phenoxy) is 1. The van der Waals surface area contributed by atoms with E-state index in [1.165, 1.54) is 4.68 Å². The monoisotopic (exact) mass is 225 g/mol. The average Bonchev–Trinajstić information content (AvgIpc) is 2.39. The Hall–Kier alpha value is -2.70. The number of rotatable bonds is 2. The van der Waals surface area contributed by atoms with Crippen molar-refractivity contribution in [1.82, 2.24) is 5.10 Å². The Kier molecular flexibility index (Phi) is 2.82. The SMILES string of the molecule is COc1cccc2c[n+](C(=C=N)C#N)ncc12. The quantitative estimate of drug-likeness (QED) is 0.473. The van der Waals surface area contributed by atoms with Crippen LogP contribution in [0.1, 0.15) is 0 Å². The van der Waals surface area contributed by atoms with Gasteiger partial charge in [-0.25, -0.2) is 0 Å². The predicted molar refractivity (Wildman–Crippen MR) is 61.5 cm³/mol. The Labute approximate surface area is 97.7 Å². The number of benzene rings is 1. The van der Waals surface area contributed by atoms with Crippen LogP contribution in [-0.2, 0) is 0 Å². The smallest absolute Gasteiger partial charge is 0.376 e. The van der Waals surface area contributed by atoms with Gasteiger partial charge in [-0.05, 0) is 21.9 Å². The summed E-state index contributed by atoms with van der Waals surface area (Å²) < 4.78 is 6.52. The highest BCUT2D eigenvalue weighted by Gasteiger charge is 2.13. The molecule has 82 valence electrons. The molecule has 2 aromatic rings. The molecule has 1 aromatic carbocycles. The highest BCUT2D eigenvalue weighted by atomic mass is 16.5. The highest BCUT2D eigenvalue weighted by molar-refractivity contribution is 5.87. The van der Waals surface area contributed by atoms with Crippen molar-refractivity contribution in [1.29, 1.82) is 10.7 Å². The average molecular weight is 225 g/mol. The second-order valence-electron chi connectivity index (χ2n) is 3.27. The minimum atomic E-state index is 0.0368. The molecule has 1 heterocycles. The molecule has 1 N–H and O–H groups in total. The van der Waals surface area contributed by atoms with Gasteiger partial charge in [0, 0.05) is 0 Å².